The molecule has 3 rings (SSSR count). The molecular weight excluding hydrogens is 252 g/mol. The van der Waals surface area contributed by atoms with Gasteiger partial charge in [0.25, 0.3) is 5.56 Å². The number of aromatic hydroxyl groups is 1. The van der Waals surface area contributed by atoms with E-state index >= 15 is 0 Å². The van der Waals surface area contributed by atoms with Gasteiger partial charge in [0.15, 0.2) is 0 Å². The van der Waals surface area contributed by atoms with Gasteiger partial charge in [-0.3, -0.25) is 9.36 Å². The van der Waals surface area contributed by atoms with Crippen molar-refractivity contribution >= 4 is 10.9 Å². The maximum atomic E-state index is 12.7. The third-order valence-electron chi connectivity index (χ3n) is 3.28. The highest BCUT2D eigenvalue weighted by Gasteiger charge is 2.13. The lowest BCUT2D eigenvalue weighted by atomic mass is 10.2. The Morgan fingerprint density at radius 1 is 1.10 bits per heavy atom. The number of nitrogens with zero attached hydrogens (tertiary/aromatic N) is 2. The minimum Gasteiger partial charge on any atom is -0.507 e. The number of hydrogen-bond donors (Lipinski definition) is 1. The SMILES string of the molecule is CCc1nc2cccc(O)c2c(=O)n1-c1ccccc1. The van der Waals surface area contributed by atoms with Gasteiger partial charge in [-0.15, -0.1) is 0 Å². The molecule has 0 bridgehead atoms. The zero-order valence-electron chi connectivity index (χ0n) is 11.1. The van der Waals surface area contributed by atoms with Crippen molar-refractivity contribution in [3.05, 3.63) is 64.7 Å². The van der Waals surface area contributed by atoms with Crippen LogP contribution in [0, 0.1) is 0 Å². The quantitative estimate of drug-likeness (QED) is 0.775. The minimum absolute atomic E-state index is 0.0349. The van der Waals surface area contributed by atoms with Crippen LogP contribution < -0.4 is 5.56 Å². The summed E-state index contributed by atoms with van der Waals surface area (Å²) in [7, 11) is 0. The minimum atomic E-state index is -0.240. The van der Waals surface area contributed by atoms with Gasteiger partial charge in [0.05, 0.1) is 11.2 Å². The van der Waals surface area contributed by atoms with Gasteiger partial charge >= 0.3 is 0 Å². The summed E-state index contributed by atoms with van der Waals surface area (Å²) in [6.07, 6.45) is 0.635. The van der Waals surface area contributed by atoms with Gasteiger partial charge in [-0.1, -0.05) is 31.2 Å². The third kappa shape index (κ3) is 1.86. The summed E-state index contributed by atoms with van der Waals surface area (Å²) in [5.41, 5.74) is 1.04. The summed E-state index contributed by atoms with van der Waals surface area (Å²) in [5, 5.41) is 10.2. The van der Waals surface area contributed by atoms with Gasteiger partial charge in [-0.2, -0.15) is 0 Å². The molecule has 0 amide bonds. The largest absolute Gasteiger partial charge is 0.507 e. The zero-order valence-corrected chi connectivity index (χ0v) is 11.1. The average molecular weight is 266 g/mol. The highest BCUT2D eigenvalue weighted by Crippen LogP contribution is 2.21. The van der Waals surface area contributed by atoms with E-state index in [9.17, 15) is 9.90 Å². The van der Waals surface area contributed by atoms with Crippen LogP contribution >= 0.6 is 0 Å². The lowest BCUT2D eigenvalue weighted by molar-refractivity contribution is 0.480. The molecule has 1 N–H and O–H groups in total. The molecule has 100 valence electrons. The second-order valence-electron chi connectivity index (χ2n) is 4.53. The van der Waals surface area contributed by atoms with E-state index in [-0.39, 0.29) is 16.7 Å². The van der Waals surface area contributed by atoms with Crippen LogP contribution in [-0.4, -0.2) is 14.7 Å². The van der Waals surface area contributed by atoms with Gasteiger partial charge < -0.3 is 5.11 Å². The normalized spacial score (nSPS) is 10.8. The molecule has 1 heterocycles. The van der Waals surface area contributed by atoms with Crippen molar-refractivity contribution in [1.29, 1.82) is 0 Å². The Morgan fingerprint density at radius 2 is 1.85 bits per heavy atom. The summed E-state index contributed by atoms with van der Waals surface area (Å²) in [5.74, 6) is 0.645. The third-order valence-corrected chi connectivity index (χ3v) is 3.28. The Balaban J connectivity index is 2.45. The van der Waals surface area contributed by atoms with Gasteiger partial charge in [0.1, 0.15) is 17.0 Å². The number of hydrogen-bond acceptors (Lipinski definition) is 3. The van der Waals surface area contributed by atoms with Crippen LogP contribution in [0.25, 0.3) is 16.6 Å². The first-order chi connectivity index (χ1) is 9.72. The fraction of sp³-hybridized carbons (Fsp3) is 0.125. The molecule has 0 atom stereocenters. The molecular formula is C16H14N2O2. The van der Waals surface area contributed by atoms with E-state index in [2.05, 4.69) is 4.98 Å². The fourth-order valence-electron chi connectivity index (χ4n) is 2.34. The molecule has 1 aromatic heterocycles. The first-order valence-electron chi connectivity index (χ1n) is 6.51. The maximum Gasteiger partial charge on any atom is 0.269 e. The molecule has 0 saturated heterocycles. The van der Waals surface area contributed by atoms with Crippen molar-refractivity contribution in [3.8, 4) is 11.4 Å². The smallest absolute Gasteiger partial charge is 0.269 e. The van der Waals surface area contributed by atoms with Crippen LogP contribution in [0.15, 0.2) is 53.3 Å². The summed E-state index contributed by atoms with van der Waals surface area (Å²) in [4.78, 5) is 17.2. The Hall–Kier alpha value is -2.62. The molecule has 4 heteroatoms. The van der Waals surface area contributed by atoms with E-state index in [0.29, 0.717) is 17.8 Å². The molecule has 0 spiro atoms. The second-order valence-corrected chi connectivity index (χ2v) is 4.53. The molecule has 20 heavy (non-hydrogen) atoms. The predicted octanol–water partition coefficient (Wildman–Crippen LogP) is 2.65. The zero-order chi connectivity index (χ0) is 14.1. The van der Waals surface area contributed by atoms with Gasteiger partial charge in [-0.05, 0) is 24.3 Å². The Kier molecular flexibility index (Phi) is 2.99. The van der Waals surface area contributed by atoms with Crippen molar-refractivity contribution in [2.45, 2.75) is 13.3 Å². The molecule has 0 aliphatic rings. The molecule has 0 aliphatic carbocycles. The first kappa shape index (κ1) is 12.4. The molecule has 0 aliphatic heterocycles. The predicted molar refractivity (Wildman–Crippen MR) is 78.4 cm³/mol. The number of aryl methyl sites for hydroxylation is 1. The van der Waals surface area contributed by atoms with E-state index in [1.165, 1.54) is 6.07 Å². The molecule has 3 aromatic rings. The number of aromatic nitrogens is 2. The van der Waals surface area contributed by atoms with E-state index in [1.807, 2.05) is 37.3 Å². The maximum absolute atomic E-state index is 12.7. The van der Waals surface area contributed by atoms with E-state index in [1.54, 1.807) is 16.7 Å². The topological polar surface area (TPSA) is 55.1 Å². The Labute approximate surface area is 116 Å². The van der Waals surface area contributed by atoms with Crippen LogP contribution in [0.5, 0.6) is 5.75 Å². The molecule has 0 saturated carbocycles. The average Bonchev–Trinajstić information content (AvgIpc) is 2.47. The first-order valence-corrected chi connectivity index (χ1v) is 6.51. The summed E-state index contributed by atoms with van der Waals surface area (Å²) in [6, 6.07) is 14.3. The number of para-hydroxylation sites is 1. The summed E-state index contributed by atoms with van der Waals surface area (Å²) >= 11 is 0. The van der Waals surface area contributed by atoms with Crippen LogP contribution in [0.4, 0.5) is 0 Å². The van der Waals surface area contributed by atoms with E-state index in [4.69, 9.17) is 0 Å². The fourth-order valence-corrected chi connectivity index (χ4v) is 2.34. The van der Waals surface area contributed by atoms with Gasteiger partial charge in [0, 0.05) is 6.42 Å². The Bertz CT molecular complexity index is 823. The standard InChI is InChI=1S/C16H14N2O2/c1-2-14-17-12-9-6-10-13(19)15(12)16(20)18(14)11-7-4-3-5-8-11/h3-10,19H,2H2,1H3. The second kappa shape index (κ2) is 4.81. The number of phenols is 1. The van der Waals surface area contributed by atoms with Crippen molar-refractivity contribution in [1.82, 2.24) is 9.55 Å². The van der Waals surface area contributed by atoms with Crippen molar-refractivity contribution in [2.24, 2.45) is 0 Å². The lowest BCUT2D eigenvalue weighted by Crippen LogP contribution is -2.23. The molecule has 4 nitrogen and oxygen atoms in total. The highest BCUT2D eigenvalue weighted by molar-refractivity contribution is 5.84. The summed E-state index contributed by atoms with van der Waals surface area (Å²) in [6.45, 7) is 1.95. The molecule has 0 radical (unpaired) electrons. The van der Waals surface area contributed by atoms with Crippen LogP contribution in [0.2, 0.25) is 0 Å². The number of fused-ring (bicyclic) bond motifs is 1. The molecule has 0 unspecified atom stereocenters. The van der Waals surface area contributed by atoms with Crippen LogP contribution in [-0.2, 0) is 6.42 Å². The lowest BCUT2D eigenvalue weighted by Gasteiger charge is -2.12. The van der Waals surface area contributed by atoms with Crippen molar-refractivity contribution in [2.75, 3.05) is 0 Å². The van der Waals surface area contributed by atoms with Crippen molar-refractivity contribution < 1.29 is 5.11 Å². The molecule has 2 aromatic carbocycles. The van der Waals surface area contributed by atoms with Crippen molar-refractivity contribution in [3.63, 3.8) is 0 Å². The summed E-state index contributed by atoms with van der Waals surface area (Å²) < 4.78 is 1.56. The number of rotatable bonds is 2. The molecule has 0 fully saturated rings. The van der Waals surface area contributed by atoms with E-state index in [0.717, 1.165) is 5.69 Å². The van der Waals surface area contributed by atoms with Gasteiger partial charge in [0.2, 0.25) is 0 Å². The van der Waals surface area contributed by atoms with Gasteiger partial charge in [-0.25, -0.2) is 4.98 Å². The van der Waals surface area contributed by atoms with Crippen LogP contribution in [0.3, 0.4) is 0 Å². The van der Waals surface area contributed by atoms with E-state index < -0.39 is 0 Å². The monoisotopic (exact) mass is 266 g/mol. The number of benzene rings is 2. The van der Waals surface area contributed by atoms with Crippen LogP contribution in [0.1, 0.15) is 12.7 Å². The highest BCUT2D eigenvalue weighted by atomic mass is 16.3. The Morgan fingerprint density at radius 3 is 2.55 bits per heavy atom. The number of phenolic OH excluding ortho intramolecular Hbond substituents is 1.